The van der Waals surface area contributed by atoms with E-state index in [-0.39, 0.29) is 0 Å². The quantitative estimate of drug-likeness (QED) is 0.608. The topological polar surface area (TPSA) is 24.4 Å². The molecule has 3 heteroatoms. The van der Waals surface area contributed by atoms with Gasteiger partial charge in [0.25, 0.3) is 0 Å². The molecule has 1 N–H and O–H groups in total. The Morgan fingerprint density at radius 2 is 1.61 bits per heavy atom. The molecule has 0 aromatic carbocycles. The summed E-state index contributed by atoms with van der Waals surface area (Å²) in [7, 11) is 0. The number of amidine groups is 1. The zero-order valence-electron chi connectivity index (χ0n) is 11.8. The summed E-state index contributed by atoms with van der Waals surface area (Å²) >= 11 is 1.90. The van der Waals surface area contributed by atoms with Crippen LogP contribution in [0.5, 0.6) is 0 Å². The number of hydrogen-bond donors (Lipinski definition) is 1. The van der Waals surface area contributed by atoms with Gasteiger partial charge < -0.3 is 5.32 Å². The van der Waals surface area contributed by atoms with Gasteiger partial charge in [0.15, 0.2) is 5.17 Å². The molecule has 0 aromatic heterocycles. The summed E-state index contributed by atoms with van der Waals surface area (Å²) in [5, 5.41) is 4.95. The third-order valence-electron chi connectivity index (χ3n) is 4.09. The summed E-state index contributed by atoms with van der Waals surface area (Å²) in [5.41, 5.74) is 0. The lowest BCUT2D eigenvalue weighted by Gasteiger charge is -2.26. The standard InChI is InChI=1S/C15H28N2S/c1-2-18-15(16-13-9-5-3-6-10-13)17-14-11-7-4-8-12-14/h13-14H,2-12H2,1H3,(H,16,17). The van der Waals surface area contributed by atoms with Crippen LogP contribution in [0.15, 0.2) is 4.99 Å². The molecule has 2 fully saturated rings. The van der Waals surface area contributed by atoms with E-state index in [9.17, 15) is 0 Å². The third-order valence-corrected chi connectivity index (χ3v) is 4.87. The highest BCUT2D eigenvalue weighted by Crippen LogP contribution is 2.22. The predicted molar refractivity (Wildman–Crippen MR) is 82.4 cm³/mol. The van der Waals surface area contributed by atoms with E-state index in [1.807, 2.05) is 11.8 Å². The minimum absolute atomic E-state index is 0.601. The van der Waals surface area contributed by atoms with Crippen molar-refractivity contribution in [2.45, 2.75) is 83.2 Å². The van der Waals surface area contributed by atoms with Crippen LogP contribution in [0.2, 0.25) is 0 Å². The van der Waals surface area contributed by atoms with Crippen molar-refractivity contribution >= 4 is 16.9 Å². The normalized spacial score (nSPS) is 24.2. The highest BCUT2D eigenvalue weighted by atomic mass is 32.2. The Morgan fingerprint density at radius 1 is 1.00 bits per heavy atom. The molecule has 0 unspecified atom stereocenters. The predicted octanol–water partition coefficient (Wildman–Crippen LogP) is 4.35. The van der Waals surface area contributed by atoms with Crippen LogP contribution in [0.3, 0.4) is 0 Å². The molecule has 18 heavy (non-hydrogen) atoms. The fraction of sp³-hybridized carbons (Fsp3) is 0.933. The molecule has 0 spiro atoms. The fourth-order valence-corrected chi connectivity index (χ4v) is 3.80. The summed E-state index contributed by atoms with van der Waals surface area (Å²) < 4.78 is 0. The van der Waals surface area contributed by atoms with Crippen LogP contribution in [-0.4, -0.2) is 23.0 Å². The second kappa shape index (κ2) is 8.08. The van der Waals surface area contributed by atoms with E-state index in [1.54, 1.807) is 0 Å². The number of aliphatic imine (C=N–C) groups is 1. The molecule has 0 saturated heterocycles. The summed E-state index contributed by atoms with van der Waals surface area (Å²) in [6.07, 6.45) is 13.7. The molecular weight excluding hydrogens is 240 g/mol. The van der Waals surface area contributed by atoms with Crippen LogP contribution in [0.4, 0.5) is 0 Å². The van der Waals surface area contributed by atoms with Crippen LogP contribution in [0, 0.1) is 0 Å². The largest absolute Gasteiger partial charge is 0.362 e. The van der Waals surface area contributed by atoms with Crippen LogP contribution in [0.25, 0.3) is 0 Å². The Kier molecular flexibility index (Phi) is 6.39. The zero-order chi connectivity index (χ0) is 12.6. The van der Waals surface area contributed by atoms with Crippen molar-refractivity contribution in [3.8, 4) is 0 Å². The Bertz CT molecular complexity index is 253. The first-order chi connectivity index (χ1) is 8.88. The molecule has 0 aliphatic heterocycles. The van der Waals surface area contributed by atoms with E-state index in [4.69, 9.17) is 4.99 Å². The van der Waals surface area contributed by atoms with Crippen molar-refractivity contribution < 1.29 is 0 Å². The average Bonchev–Trinajstić information content (AvgIpc) is 2.41. The Balaban J connectivity index is 1.86. The number of nitrogens with zero attached hydrogens (tertiary/aromatic N) is 1. The molecule has 0 bridgehead atoms. The van der Waals surface area contributed by atoms with Gasteiger partial charge in [-0.15, -0.1) is 0 Å². The minimum Gasteiger partial charge on any atom is -0.362 e. The first kappa shape index (κ1) is 14.2. The van der Waals surface area contributed by atoms with Gasteiger partial charge in [-0.2, -0.15) is 0 Å². The van der Waals surface area contributed by atoms with Crippen LogP contribution in [-0.2, 0) is 0 Å². The molecule has 0 aromatic rings. The van der Waals surface area contributed by atoms with Crippen molar-refractivity contribution in [3.05, 3.63) is 0 Å². The molecule has 2 rings (SSSR count). The van der Waals surface area contributed by atoms with E-state index in [2.05, 4.69) is 12.2 Å². The van der Waals surface area contributed by atoms with Crippen molar-refractivity contribution in [1.82, 2.24) is 5.32 Å². The second-order valence-electron chi connectivity index (χ2n) is 5.64. The molecule has 2 aliphatic rings. The lowest BCUT2D eigenvalue weighted by Crippen LogP contribution is -2.35. The van der Waals surface area contributed by atoms with Gasteiger partial charge in [0.1, 0.15) is 0 Å². The van der Waals surface area contributed by atoms with Crippen LogP contribution < -0.4 is 5.32 Å². The SMILES string of the molecule is CCSC(=NC1CCCCC1)NC1CCCCC1. The lowest BCUT2D eigenvalue weighted by atomic mass is 9.95. The third kappa shape index (κ3) is 4.83. The highest BCUT2D eigenvalue weighted by Gasteiger charge is 2.17. The Labute approximate surface area is 116 Å². The van der Waals surface area contributed by atoms with Crippen molar-refractivity contribution in [2.75, 3.05) is 5.75 Å². The van der Waals surface area contributed by atoms with E-state index in [0.29, 0.717) is 12.1 Å². The molecule has 0 heterocycles. The minimum atomic E-state index is 0.601. The molecule has 0 amide bonds. The van der Waals surface area contributed by atoms with E-state index >= 15 is 0 Å². The van der Waals surface area contributed by atoms with Gasteiger partial charge in [0.05, 0.1) is 6.04 Å². The molecule has 0 atom stereocenters. The Morgan fingerprint density at radius 3 is 2.22 bits per heavy atom. The van der Waals surface area contributed by atoms with Gasteiger partial charge in [0, 0.05) is 6.04 Å². The Hall–Kier alpha value is -0.180. The fourth-order valence-electron chi connectivity index (χ4n) is 3.05. The molecule has 0 radical (unpaired) electrons. The van der Waals surface area contributed by atoms with Gasteiger partial charge in [-0.3, -0.25) is 4.99 Å². The molecule has 2 saturated carbocycles. The van der Waals surface area contributed by atoms with Crippen molar-refractivity contribution in [1.29, 1.82) is 0 Å². The van der Waals surface area contributed by atoms with Gasteiger partial charge in [-0.1, -0.05) is 57.2 Å². The molecule has 2 nitrogen and oxygen atoms in total. The van der Waals surface area contributed by atoms with Gasteiger partial charge in [-0.05, 0) is 31.4 Å². The maximum absolute atomic E-state index is 4.99. The maximum Gasteiger partial charge on any atom is 0.157 e. The van der Waals surface area contributed by atoms with Gasteiger partial charge in [0.2, 0.25) is 0 Å². The van der Waals surface area contributed by atoms with E-state index in [0.717, 1.165) is 5.75 Å². The summed E-state index contributed by atoms with van der Waals surface area (Å²) in [6, 6.07) is 1.30. The molecule has 104 valence electrons. The summed E-state index contributed by atoms with van der Waals surface area (Å²) in [6.45, 7) is 2.23. The van der Waals surface area contributed by atoms with Crippen molar-refractivity contribution in [3.63, 3.8) is 0 Å². The highest BCUT2D eigenvalue weighted by molar-refractivity contribution is 8.13. The van der Waals surface area contributed by atoms with Crippen LogP contribution >= 0.6 is 11.8 Å². The van der Waals surface area contributed by atoms with E-state index < -0.39 is 0 Å². The van der Waals surface area contributed by atoms with Gasteiger partial charge in [-0.25, -0.2) is 0 Å². The number of rotatable bonds is 3. The van der Waals surface area contributed by atoms with Crippen molar-refractivity contribution in [2.24, 2.45) is 4.99 Å². The number of nitrogens with one attached hydrogen (secondary N) is 1. The second-order valence-corrected chi connectivity index (χ2v) is 6.89. The van der Waals surface area contributed by atoms with Crippen LogP contribution in [0.1, 0.15) is 71.1 Å². The molecule has 2 aliphatic carbocycles. The zero-order valence-corrected chi connectivity index (χ0v) is 12.6. The summed E-state index contributed by atoms with van der Waals surface area (Å²) in [5.74, 6) is 1.13. The first-order valence-corrected chi connectivity index (χ1v) is 8.84. The van der Waals surface area contributed by atoms with Gasteiger partial charge >= 0.3 is 0 Å². The monoisotopic (exact) mass is 268 g/mol. The summed E-state index contributed by atoms with van der Waals surface area (Å²) in [4.78, 5) is 4.99. The maximum atomic E-state index is 4.99. The van der Waals surface area contributed by atoms with E-state index in [1.165, 1.54) is 69.4 Å². The number of thioether (sulfide) groups is 1. The lowest BCUT2D eigenvalue weighted by molar-refractivity contribution is 0.411. The molecular formula is C15H28N2S. The average molecular weight is 268 g/mol. The number of hydrogen-bond acceptors (Lipinski definition) is 2. The smallest absolute Gasteiger partial charge is 0.157 e. The first-order valence-electron chi connectivity index (χ1n) is 7.85.